The number of aromatic nitrogens is 1. The average molecular weight is 418 g/mol. The molecule has 0 atom stereocenters. The summed E-state index contributed by atoms with van der Waals surface area (Å²) >= 11 is 0. The molecule has 3 aromatic carbocycles. The number of nitrogens with zero attached hydrogens (tertiary/aromatic N) is 1. The first-order valence-electron chi connectivity index (χ1n) is 8.79. The van der Waals surface area contributed by atoms with Gasteiger partial charge in [0, 0.05) is 23.1 Å². The van der Waals surface area contributed by atoms with Crippen LogP contribution in [0.2, 0.25) is 0 Å². The maximum Gasteiger partial charge on any atom is 0.227 e. The number of hydrogen-bond acceptors (Lipinski definition) is 1. The van der Waals surface area contributed by atoms with Crippen LogP contribution in [0.1, 0.15) is 15.9 Å². The lowest BCUT2D eigenvalue weighted by Crippen LogP contribution is -3.00. The van der Waals surface area contributed by atoms with Gasteiger partial charge in [-0.1, -0.05) is 66.7 Å². The van der Waals surface area contributed by atoms with Crippen LogP contribution in [0.25, 0.3) is 22.0 Å². The Balaban J connectivity index is 0.00000210. The zero-order chi connectivity index (χ0) is 17.9. The lowest BCUT2D eigenvalue weighted by molar-refractivity contribution is -0.657. The smallest absolute Gasteiger partial charge is 0.227 e. The number of carbonyl (C=O) groups is 1. The van der Waals surface area contributed by atoms with Gasteiger partial charge in [0.1, 0.15) is 0 Å². The number of carbonyl (C=O) groups excluding carboxylic acids is 1. The van der Waals surface area contributed by atoms with E-state index in [4.69, 9.17) is 0 Å². The zero-order valence-electron chi connectivity index (χ0n) is 15.1. The molecule has 0 saturated heterocycles. The van der Waals surface area contributed by atoms with Gasteiger partial charge in [-0.15, -0.1) is 0 Å². The number of benzene rings is 3. The maximum atomic E-state index is 12.8. The van der Waals surface area contributed by atoms with Crippen LogP contribution >= 0.6 is 0 Å². The summed E-state index contributed by atoms with van der Waals surface area (Å²) in [5, 5.41) is 1.18. The van der Waals surface area contributed by atoms with Gasteiger partial charge < -0.3 is 17.0 Å². The van der Waals surface area contributed by atoms with Crippen LogP contribution < -0.4 is 21.5 Å². The largest absolute Gasteiger partial charge is 1.00 e. The van der Waals surface area contributed by atoms with Crippen molar-refractivity contribution in [2.75, 3.05) is 0 Å². The highest BCUT2D eigenvalue weighted by Gasteiger charge is 2.16. The first kappa shape index (κ1) is 19.0. The summed E-state index contributed by atoms with van der Waals surface area (Å²) in [5.74, 6) is 0.114. The highest BCUT2D eigenvalue weighted by molar-refractivity contribution is 5.95. The molecule has 0 bridgehead atoms. The number of aryl methyl sites for hydroxylation is 1. The number of pyridine rings is 1. The molecule has 1 heterocycles. The molecule has 0 amide bonds. The molecule has 4 rings (SSSR count). The van der Waals surface area contributed by atoms with E-state index in [9.17, 15) is 4.79 Å². The fourth-order valence-electron chi connectivity index (χ4n) is 3.29. The van der Waals surface area contributed by atoms with Crippen LogP contribution in [0.3, 0.4) is 0 Å². The molecule has 0 fully saturated rings. The van der Waals surface area contributed by atoms with Crippen LogP contribution in [0.5, 0.6) is 0 Å². The third kappa shape index (κ3) is 3.99. The molecule has 0 radical (unpaired) electrons. The lowest BCUT2D eigenvalue weighted by Gasteiger charge is -2.05. The second-order valence-corrected chi connectivity index (χ2v) is 6.51. The molecule has 2 nitrogen and oxygen atoms in total. The highest BCUT2D eigenvalue weighted by atomic mass is 79.9. The van der Waals surface area contributed by atoms with Crippen LogP contribution in [0.4, 0.5) is 0 Å². The standard InChI is InChI=1S/C24H20NO.BrH/c1-18-15-16-25(23-10-6-5-9-22(18)23)17-24(26)21-13-11-20(12-14-21)19-7-3-2-4-8-19;/h2-16H,17H2,1H3;1H/q+1;/p-1. The van der Waals surface area contributed by atoms with Gasteiger partial charge >= 0.3 is 0 Å². The van der Waals surface area contributed by atoms with Crippen LogP contribution in [0.15, 0.2) is 91.1 Å². The number of halogens is 1. The van der Waals surface area contributed by atoms with Gasteiger partial charge in [0.2, 0.25) is 17.8 Å². The topological polar surface area (TPSA) is 20.9 Å². The highest BCUT2D eigenvalue weighted by Crippen LogP contribution is 2.19. The van der Waals surface area contributed by atoms with Crippen molar-refractivity contribution in [3.05, 3.63) is 102 Å². The number of fused-ring (bicyclic) bond motifs is 1. The zero-order valence-corrected chi connectivity index (χ0v) is 16.7. The monoisotopic (exact) mass is 417 g/mol. The second-order valence-electron chi connectivity index (χ2n) is 6.51. The molecule has 4 aromatic rings. The summed E-state index contributed by atoms with van der Waals surface area (Å²) < 4.78 is 2.02. The molecular weight excluding hydrogens is 398 g/mol. The Morgan fingerprint density at radius 2 is 1.41 bits per heavy atom. The van der Waals surface area contributed by atoms with Gasteiger partial charge in [-0.25, -0.2) is 0 Å². The predicted octanol–water partition coefficient (Wildman–Crippen LogP) is 1.99. The number of ketones is 1. The summed E-state index contributed by atoms with van der Waals surface area (Å²) in [5.41, 5.74) is 5.32. The number of hydrogen-bond donors (Lipinski definition) is 0. The molecule has 0 aliphatic carbocycles. The van der Waals surface area contributed by atoms with E-state index in [1.165, 1.54) is 10.9 Å². The van der Waals surface area contributed by atoms with E-state index in [1.54, 1.807) is 0 Å². The summed E-state index contributed by atoms with van der Waals surface area (Å²) in [7, 11) is 0. The van der Waals surface area contributed by atoms with Crippen molar-refractivity contribution >= 4 is 16.7 Å². The van der Waals surface area contributed by atoms with Crippen molar-refractivity contribution in [3.8, 4) is 11.1 Å². The van der Waals surface area contributed by atoms with Crippen LogP contribution in [-0.4, -0.2) is 5.78 Å². The van der Waals surface area contributed by atoms with Crippen LogP contribution in [0, 0.1) is 6.92 Å². The van der Waals surface area contributed by atoms with E-state index in [0.717, 1.165) is 22.2 Å². The van der Waals surface area contributed by atoms with E-state index in [0.29, 0.717) is 6.54 Å². The van der Waals surface area contributed by atoms with Gasteiger partial charge in [-0.3, -0.25) is 4.79 Å². The molecule has 0 spiro atoms. The van der Waals surface area contributed by atoms with Gasteiger partial charge in [0.15, 0.2) is 6.20 Å². The second kappa shape index (κ2) is 8.28. The average Bonchev–Trinajstić information content (AvgIpc) is 2.71. The molecule has 0 N–H and O–H groups in total. The van der Waals surface area contributed by atoms with Crippen molar-refractivity contribution < 1.29 is 26.3 Å². The molecule has 0 aliphatic rings. The molecule has 134 valence electrons. The minimum atomic E-state index is 0. The Bertz CT molecular complexity index is 1070. The quantitative estimate of drug-likeness (QED) is 0.367. The summed E-state index contributed by atoms with van der Waals surface area (Å²) in [6, 6.07) is 28.3. The van der Waals surface area contributed by atoms with E-state index in [-0.39, 0.29) is 22.8 Å². The summed E-state index contributed by atoms with van der Waals surface area (Å²) in [6.07, 6.45) is 1.99. The van der Waals surface area contributed by atoms with Gasteiger partial charge in [0.25, 0.3) is 0 Å². The minimum Gasteiger partial charge on any atom is -1.00 e. The number of Topliss-reactive ketones (excluding diaryl/α,β-unsaturated/α-hetero) is 1. The van der Waals surface area contributed by atoms with Gasteiger partial charge in [0.05, 0.1) is 0 Å². The molecule has 1 aromatic heterocycles. The molecule has 27 heavy (non-hydrogen) atoms. The fourth-order valence-corrected chi connectivity index (χ4v) is 3.29. The normalized spacial score (nSPS) is 10.4. The Hall–Kier alpha value is -2.78. The SMILES string of the molecule is Cc1cc[n+](CC(=O)c2ccc(-c3ccccc3)cc2)c2ccccc12.[Br-]. The van der Waals surface area contributed by atoms with Crippen molar-refractivity contribution in [3.63, 3.8) is 0 Å². The van der Waals surface area contributed by atoms with Crippen LogP contribution in [-0.2, 0) is 6.54 Å². The van der Waals surface area contributed by atoms with E-state index < -0.39 is 0 Å². The first-order valence-corrected chi connectivity index (χ1v) is 8.79. The van der Waals surface area contributed by atoms with Gasteiger partial charge in [-0.05, 0) is 29.7 Å². The fraction of sp³-hybridized carbons (Fsp3) is 0.0833. The molecule has 0 saturated carbocycles. The summed E-state index contributed by atoms with van der Waals surface area (Å²) in [6.45, 7) is 2.43. The first-order chi connectivity index (χ1) is 12.7. The van der Waals surface area contributed by atoms with E-state index in [1.807, 2.05) is 65.4 Å². The third-order valence-corrected chi connectivity index (χ3v) is 4.77. The predicted molar refractivity (Wildman–Crippen MR) is 105 cm³/mol. The Morgan fingerprint density at radius 3 is 2.15 bits per heavy atom. The van der Waals surface area contributed by atoms with E-state index >= 15 is 0 Å². The molecule has 0 unspecified atom stereocenters. The third-order valence-electron chi connectivity index (χ3n) is 4.77. The van der Waals surface area contributed by atoms with E-state index in [2.05, 4.69) is 37.3 Å². The van der Waals surface area contributed by atoms with Crippen molar-refractivity contribution in [1.29, 1.82) is 0 Å². The van der Waals surface area contributed by atoms with Crippen molar-refractivity contribution in [1.82, 2.24) is 0 Å². The maximum absolute atomic E-state index is 12.8. The molecule has 3 heteroatoms. The minimum absolute atomic E-state index is 0. The number of para-hydroxylation sites is 1. The molecule has 0 aliphatic heterocycles. The van der Waals surface area contributed by atoms with Crippen molar-refractivity contribution in [2.45, 2.75) is 13.5 Å². The Kier molecular flexibility index (Phi) is 5.82. The lowest BCUT2D eigenvalue weighted by atomic mass is 10.0. The summed E-state index contributed by atoms with van der Waals surface area (Å²) in [4.78, 5) is 12.8. The molecular formula is C24H20BrNO. The van der Waals surface area contributed by atoms with Gasteiger partial charge in [-0.2, -0.15) is 4.57 Å². The Morgan fingerprint density at radius 1 is 0.778 bits per heavy atom. The number of rotatable bonds is 4. The van der Waals surface area contributed by atoms with Crippen molar-refractivity contribution in [2.24, 2.45) is 0 Å². The Labute approximate surface area is 169 Å².